The van der Waals surface area contributed by atoms with E-state index in [2.05, 4.69) is 12.1 Å². The van der Waals surface area contributed by atoms with Crippen molar-refractivity contribution in [1.82, 2.24) is 4.90 Å². The topological polar surface area (TPSA) is 330 Å². The summed E-state index contributed by atoms with van der Waals surface area (Å²) in [4.78, 5) is 15.9. The van der Waals surface area contributed by atoms with Crippen molar-refractivity contribution in [1.29, 1.82) is 0 Å². The number of nitrogens with two attached hydrogens (primary N) is 7. The Morgan fingerprint density at radius 2 is 1.13 bits per heavy atom. The van der Waals surface area contributed by atoms with Gasteiger partial charge in [-0.1, -0.05) is 118 Å². The molecule has 1 amide bonds. The number of ether oxygens (including phenoxy) is 5. The molecule has 2 heterocycles. The SMILES string of the molecule is Cl.Cl.Cl.Cl.Cl.Cl.Cl.NCCCC[C@H](N)C(=O)N(CCCCCCCCCCCCO[C@@H]1[C@@H](O[C@H]2O[C@H](CO)[C@@H](O)[C@H](N)[C@H]2O)[C@H](N)C[C@H](N)[C@H]1O[C@H]1O[C@H](CN)[C@@H](O)C[C@H]1N)Cc1c2ccccc2c(Cl)c2ccccc12. The molecule has 2 saturated heterocycles. The molecule has 3 fully saturated rings. The van der Waals surface area contributed by atoms with E-state index in [0.717, 1.165) is 109 Å². The predicted molar refractivity (Wildman–Crippen MR) is 322 cm³/mol. The first-order valence-electron chi connectivity index (χ1n) is 25.7. The minimum absolute atomic E-state index is 0. The lowest BCUT2D eigenvalue weighted by Crippen LogP contribution is -2.68. The van der Waals surface area contributed by atoms with Crippen molar-refractivity contribution in [3.63, 3.8) is 0 Å². The van der Waals surface area contributed by atoms with Gasteiger partial charge in [-0.3, -0.25) is 4.79 Å². The molecule has 1 aliphatic carbocycles. The summed E-state index contributed by atoms with van der Waals surface area (Å²) in [5, 5.41) is 46.4. The maximum atomic E-state index is 13.9. The molecule has 77 heavy (non-hydrogen) atoms. The molecule has 15 atom stereocenters. The summed E-state index contributed by atoms with van der Waals surface area (Å²) in [6.45, 7) is 1.50. The van der Waals surface area contributed by atoms with E-state index in [1.54, 1.807) is 0 Å². The lowest BCUT2D eigenvalue weighted by atomic mass is 9.84. The van der Waals surface area contributed by atoms with Crippen LogP contribution in [-0.2, 0) is 35.0 Å². The van der Waals surface area contributed by atoms with E-state index >= 15 is 0 Å². The molecule has 450 valence electrons. The van der Waals surface area contributed by atoms with Crippen LogP contribution in [0.4, 0.5) is 0 Å². The van der Waals surface area contributed by atoms with Crippen LogP contribution >= 0.6 is 98.5 Å². The summed E-state index contributed by atoms with van der Waals surface area (Å²) in [5.41, 5.74) is 45.0. The molecule has 0 aromatic heterocycles. The van der Waals surface area contributed by atoms with Crippen molar-refractivity contribution in [3.8, 4) is 0 Å². The second-order valence-corrected chi connectivity index (χ2v) is 20.1. The van der Waals surface area contributed by atoms with Crippen LogP contribution in [-0.4, -0.2) is 156 Å². The van der Waals surface area contributed by atoms with Crippen LogP contribution in [0.2, 0.25) is 5.02 Å². The Morgan fingerprint density at radius 1 is 0.636 bits per heavy atom. The summed E-state index contributed by atoms with van der Waals surface area (Å²) in [6.07, 6.45) is 2.50. The highest BCUT2D eigenvalue weighted by molar-refractivity contribution is 6.41. The number of rotatable bonds is 27. The summed E-state index contributed by atoms with van der Waals surface area (Å²) >= 11 is 6.92. The van der Waals surface area contributed by atoms with Crippen LogP contribution in [0.15, 0.2) is 48.5 Å². The van der Waals surface area contributed by atoms with Crippen LogP contribution in [0.5, 0.6) is 0 Å². The Morgan fingerprint density at radius 3 is 1.65 bits per heavy atom. The van der Waals surface area contributed by atoms with Crippen molar-refractivity contribution in [2.75, 3.05) is 32.8 Å². The van der Waals surface area contributed by atoms with E-state index in [9.17, 15) is 25.2 Å². The van der Waals surface area contributed by atoms with E-state index in [0.29, 0.717) is 32.7 Å². The molecule has 0 spiro atoms. The average Bonchev–Trinajstić information content (AvgIpc) is 3.35. The average molecular weight is 1260 g/mol. The van der Waals surface area contributed by atoms with E-state index in [4.69, 9.17) is 75.4 Å². The smallest absolute Gasteiger partial charge is 0.239 e. The second-order valence-electron chi connectivity index (χ2n) is 19.7. The number of amides is 1. The van der Waals surface area contributed by atoms with Gasteiger partial charge >= 0.3 is 0 Å². The molecule has 0 unspecified atom stereocenters. The van der Waals surface area contributed by atoms with Gasteiger partial charge in [-0.15, -0.1) is 86.8 Å². The predicted octanol–water partition coefficient (Wildman–Crippen LogP) is 5.03. The van der Waals surface area contributed by atoms with Gasteiger partial charge in [-0.2, -0.15) is 0 Å². The van der Waals surface area contributed by atoms with Gasteiger partial charge in [0, 0.05) is 49.1 Å². The number of hydrogen-bond donors (Lipinski definition) is 11. The zero-order chi connectivity index (χ0) is 50.3. The minimum atomic E-state index is -1.43. The van der Waals surface area contributed by atoms with E-state index in [-0.39, 0.29) is 112 Å². The molecule has 6 rings (SSSR count). The van der Waals surface area contributed by atoms with Gasteiger partial charge < -0.3 is 89.1 Å². The highest BCUT2D eigenvalue weighted by Crippen LogP contribution is 2.37. The first kappa shape index (κ1) is 78.4. The lowest BCUT2D eigenvalue weighted by Gasteiger charge is -2.49. The molecule has 1 saturated carbocycles. The van der Waals surface area contributed by atoms with E-state index in [1.165, 1.54) is 0 Å². The molecule has 3 aromatic carbocycles. The van der Waals surface area contributed by atoms with Gasteiger partial charge in [0.05, 0.1) is 42.0 Å². The number of nitrogens with zero attached hydrogens (tertiary/aromatic N) is 1. The fraction of sp³-hybridized carbons (Fsp3) is 0.706. The third-order valence-corrected chi connectivity index (χ3v) is 14.9. The van der Waals surface area contributed by atoms with Crippen molar-refractivity contribution in [2.45, 2.75) is 194 Å². The quantitative estimate of drug-likeness (QED) is 0.0352. The normalized spacial score (nSPS) is 28.2. The molecule has 2 aliphatic heterocycles. The molecular weight excluding hydrogens is 1170 g/mol. The van der Waals surface area contributed by atoms with E-state index < -0.39 is 98.2 Å². The Labute approximate surface area is 503 Å². The highest BCUT2D eigenvalue weighted by Gasteiger charge is 2.51. The maximum absolute atomic E-state index is 13.9. The third-order valence-electron chi connectivity index (χ3n) is 14.4. The summed E-state index contributed by atoms with van der Waals surface area (Å²) in [6, 6.07) is 12.6. The number of unbranched alkanes of at least 4 members (excludes halogenated alkanes) is 10. The number of halogens is 8. The van der Waals surface area contributed by atoms with Gasteiger partial charge in [0.1, 0.15) is 36.6 Å². The number of fused-ring (bicyclic) bond motifs is 2. The zero-order valence-corrected chi connectivity index (χ0v) is 50.1. The fourth-order valence-electron chi connectivity index (χ4n) is 10.3. The lowest BCUT2D eigenvalue weighted by molar-refractivity contribution is -0.318. The first-order chi connectivity index (χ1) is 33.8. The van der Waals surface area contributed by atoms with Gasteiger partial charge in [0.2, 0.25) is 5.91 Å². The highest BCUT2D eigenvalue weighted by atomic mass is 35.5. The van der Waals surface area contributed by atoms with Crippen LogP contribution in [0, 0.1) is 0 Å². The first-order valence-corrected chi connectivity index (χ1v) is 26.1. The van der Waals surface area contributed by atoms with Crippen LogP contribution in [0.25, 0.3) is 21.5 Å². The fourth-order valence-corrected chi connectivity index (χ4v) is 10.6. The van der Waals surface area contributed by atoms with Crippen LogP contribution in [0.3, 0.4) is 0 Å². The summed E-state index contributed by atoms with van der Waals surface area (Å²) in [7, 11) is 0. The molecule has 26 heteroatoms. The number of carbonyl (C=O) groups is 1. The van der Waals surface area contributed by atoms with Gasteiger partial charge in [0.15, 0.2) is 12.6 Å². The second kappa shape index (κ2) is 39.7. The number of aliphatic hydroxyl groups is 4. The number of hydrogen-bond acceptors (Lipinski definition) is 17. The summed E-state index contributed by atoms with van der Waals surface area (Å²) in [5.74, 6) is -0.0309. The zero-order valence-electron chi connectivity index (χ0n) is 43.6. The molecular formula is C51H90Cl8N8O10. The number of carbonyl (C=O) groups excluding carboxylic acids is 1. The maximum Gasteiger partial charge on any atom is 0.239 e. The van der Waals surface area contributed by atoms with Gasteiger partial charge in [0.25, 0.3) is 0 Å². The molecule has 3 aromatic rings. The van der Waals surface area contributed by atoms with Crippen LogP contribution in [0.1, 0.15) is 102 Å². The Hall–Kier alpha value is -0.670. The Balaban J connectivity index is 0. The molecule has 0 bridgehead atoms. The molecule has 3 aliphatic rings. The molecule has 0 radical (unpaired) electrons. The van der Waals surface area contributed by atoms with E-state index in [1.807, 2.05) is 41.3 Å². The van der Waals surface area contributed by atoms with Gasteiger partial charge in [-0.25, -0.2) is 0 Å². The minimum Gasteiger partial charge on any atom is -0.394 e. The van der Waals surface area contributed by atoms with Crippen molar-refractivity contribution in [3.05, 3.63) is 59.1 Å². The molecule has 18 N–H and O–H groups in total. The summed E-state index contributed by atoms with van der Waals surface area (Å²) < 4.78 is 31.0. The monoisotopic (exact) mass is 1250 g/mol. The van der Waals surface area contributed by atoms with Crippen molar-refractivity contribution < 1.29 is 48.9 Å². The number of aliphatic hydroxyl groups excluding tert-OH is 4. The van der Waals surface area contributed by atoms with Crippen molar-refractivity contribution >= 4 is 126 Å². The van der Waals surface area contributed by atoms with Crippen LogP contribution < -0.4 is 40.1 Å². The largest absolute Gasteiger partial charge is 0.394 e. The van der Waals surface area contributed by atoms with Crippen molar-refractivity contribution in [2.24, 2.45) is 40.1 Å². The Kier molecular flexibility index (Phi) is 40.5. The Bertz CT molecular complexity index is 2020. The molecule has 18 nitrogen and oxygen atoms in total. The third kappa shape index (κ3) is 21.2. The number of benzene rings is 3. The van der Waals surface area contributed by atoms with Gasteiger partial charge in [-0.05, 0) is 61.4 Å². The standard InChI is InChI=1S/C51H83ClN8O10.7ClH/c52-42-32-19-11-9-17-30(32)34(31-18-10-12-20-33(31)42)28-60(49(65)35(55)21-13-14-22-53)23-15-7-5-3-1-2-4-6-8-16-24-66-48-46(69-50-38(58)26-39(62)40(27-54)67-50)36(56)25-37(57)47(48)70-51-45(64)43(59)44(63)41(29-61)68-51;;;;;;;/h9-12,17-20,35-41,43-48,50-51,61-64H,1-8,13-16,21-29,53-59H2;7*1H/t35-,36-,37+,38+,39-,40+,41+,43-,44+,45+,46+,47-,48-,50+,51+;;;;;;;/m0......./s1.